The van der Waals surface area contributed by atoms with Gasteiger partial charge in [0, 0.05) is 12.0 Å². The summed E-state index contributed by atoms with van der Waals surface area (Å²) in [6.45, 7) is 2.07. The van der Waals surface area contributed by atoms with Gasteiger partial charge >= 0.3 is 5.97 Å². The summed E-state index contributed by atoms with van der Waals surface area (Å²) in [6.07, 6.45) is 3.30. The number of unbranched alkanes of at least 4 members (excludes halogenated alkanes) is 2. The molecular weight excluding hydrogens is 204 g/mol. The molecule has 0 amide bonds. The van der Waals surface area contributed by atoms with Crippen LogP contribution >= 0.6 is 0 Å². The predicted octanol–water partition coefficient (Wildman–Crippen LogP) is 3.15. The molecule has 3 heteroatoms. The van der Waals surface area contributed by atoms with E-state index in [0.29, 0.717) is 12.0 Å². The van der Waals surface area contributed by atoms with Crippen LogP contribution in [-0.2, 0) is 0 Å². The van der Waals surface area contributed by atoms with Gasteiger partial charge in [-0.15, -0.1) is 0 Å². The molecule has 16 heavy (non-hydrogen) atoms. The van der Waals surface area contributed by atoms with E-state index in [1.807, 2.05) is 0 Å². The Morgan fingerprint density at radius 2 is 1.75 bits per heavy atom. The lowest BCUT2D eigenvalue weighted by molar-refractivity contribution is 0.0691. The van der Waals surface area contributed by atoms with Gasteiger partial charge in [0.15, 0.2) is 5.78 Å². The summed E-state index contributed by atoms with van der Waals surface area (Å²) in [5.41, 5.74) is 0.426. The quantitative estimate of drug-likeness (QED) is 0.591. The van der Waals surface area contributed by atoms with Gasteiger partial charge in [0.1, 0.15) is 0 Å². The van der Waals surface area contributed by atoms with Crippen molar-refractivity contribution < 1.29 is 14.7 Å². The number of benzene rings is 1. The molecule has 0 aromatic heterocycles. The maximum Gasteiger partial charge on any atom is 0.336 e. The molecule has 0 heterocycles. The molecule has 0 aliphatic heterocycles. The fraction of sp³-hybridized carbons (Fsp3) is 0.385. The van der Waals surface area contributed by atoms with Crippen molar-refractivity contribution in [1.29, 1.82) is 0 Å². The normalized spacial score (nSPS) is 10.1. The largest absolute Gasteiger partial charge is 0.478 e. The highest BCUT2D eigenvalue weighted by Crippen LogP contribution is 2.13. The Balaban J connectivity index is 2.78. The summed E-state index contributed by atoms with van der Waals surface area (Å²) in [4.78, 5) is 22.7. The molecular formula is C13H16O3. The Morgan fingerprint density at radius 1 is 1.12 bits per heavy atom. The van der Waals surface area contributed by atoms with Crippen LogP contribution in [0.4, 0.5) is 0 Å². The number of carboxylic acids is 1. The van der Waals surface area contributed by atoms with Crippen molar-refractivity contribution in [2.24, 2.45) is 0 Å². The van der Waals surface area contributed by atoms with E-state index in [2.05, 4.69) is 6.92 Å². The fourth-order valence-corrected chi connectivity index (χ4v) is 1.58. The Hall–Kier alpha value is -1.64. The molecule has 86 valence electrons. The van der Waals surface area contributed by atoms with Gasteiger partial charge in [-0.3, -0.25) is 4.79 Å². The monoisotopic (exact) mass is 220 g/mol. The van der Waals surface area contributed by atoms with E-state index in [1.165, 1.54) is 6.07 Å². The second-order valence-corrected chi connectivity index (χ2v) is 3.73. The zero-order valence-electron chi connectivity index (χ0n) is 9.40. The molecule has 0 fully saturated rings. The lowest BCUT2D eigenvalue weighted by atomic mass is 10.00. The van der Waals surface area contributed by atoms with E-state index < -0.39 is 5.97 Å². The molecule has 0 aliphatic rings. The lowest BCUT2D eigenvalue weighted by Crippen LogP contribution is -2.08. The number of ketones is 1. The Bertz CT molecular complexity index is 383. The standard InChI is InChI=1S/C13H16O3/c1-2-3-4-9-12(14)10-7-5-6-8-11(10)13(15)16/h5-8H,2-4,9H2,1H3,(H,15,16). The molecule has 1 N–H and O–H groups in total. The van der Waals surface area contributed by atoms with Gasteiger partial charge < -0.3 is 5.11 Å². The summed E-state index contributed by atoms with van der Waals surface area (Å²) in [5.74, 6) is -1.12. The van der Waals surface area contributed by atoms with E-state index in [4.69, 9.17) is 5.11 Å². The molecule has 0 saturated carbocycles. The van der Waals surface area contributed by atoms with Crippen molar-refractivity contribution >= 4 is 11.8 Å². The number of hydrogen-bond donors (Lipinski definition) is 1. The molecule has 0 unspecified atom stereocenters. The SMILES string of the molecule is CCCCCC(=O)c1ccccc1C(=O)O. The predicted molar refractivity (Wildman–Crippen MR) is 61.9 cm³/mol. The second kappa shape index (κ2) is 6.05. The first-order valence-corrected chi connectivity index (χ1v) is 5.52. The van der Waals surface area contributed by atoms with Crippen LogP contribution in [0.2, 0.25) is 0 Å². The van der Waals surface area contributed by atoms with Gasteiger partial charge in [-0.05, 0) is 12.5 Å². The van der Waals surface area contributed by atoms with Crippen LogP contribution in [-0.4, -0.2) is 16.9 Å². The third-order valence-electron chi connectivity index (χ3n) is 2.47. The first-order chi connectivity index (χ1) is 7.66. The van der Waals surface area contributed by atoms with Gasteiger partial charge in [0.2, 0.25) is 0 Å². The Labute approximate surface area is 95.1 Å². The Morgan fingerprint density at radius 3 is 2.31 bits per heavy atom. The third kappa shape index (κ3) is 3.19. The molecule has 0 bridgehead atoms. The zero-order chi connectivity index (χ0) is 12.0. The summed E-state index contributed by atoms with van der Waals surface area (Å²) in [6, 6.07) is 6.37. The molecule has 3 nitrogen and oxygen atoms in total. The lowest BCUT2D eigenvalue weighted by Gasteiger charge is -2.04. The highest BCUT2D eigenvalue weighted by atomic mass is 16.4. The minimum Gasteiger partial charge on any atom is -0.478 e. The highest BCUT2D eigenvalue weighted by molar-refractivity contribution is 6.05. The first-order valence-electron chi connectivity index (χ1n) is 5.52. The number of Topliss-reactive ketones (excluding diaryl/α,β-unsaturated/α-hetero) is 1. The molecule has 0 atom stereocenters. The van der Waals surface area contributed by atoms with Crippen LogP contribution in [0.25, 0.3) is 0 Å². The van der Waals surface area contributed by atoms with Crippen LogP contribution in [0.5, 0.6) is 0 Å². The number of rotatable bonds is 6. The van der Waals surface area contributed by atoms with Gasteiger partial charge in [-0.1, -0.05) is 38.0 Å². The van der Waals surface area contributed by atoms with Gasteiger partial charge in [-0.25, -0.2) is 4.79 Å². The smallest absolute Gasteiger partial charge is 0.336 e. The van der Waals surface area contributed by atoms with Crippen molar-refractivity contribution in [1.82, 2.24) is 0 Å². The average Bonchev–Trinajstić information content (AvgIpc) is 2.29. The van der Waals surface area contributed by atoms with Crippen molar-refractivity contribution in [3.63, 3.8) is 0 Å². The molecule has 0 radical (unpaired) electrons. The van der Waals surface area contributed by atoms with E-state index in [0.717, 1.165) is 19.3 Å². The van der Waals surface area contributed by atoms with Crippen molar-refractivity contribution in [2.75, 3.05) is 0 Å². The van der Waals surface area contributed by atoms with E-state index in [9.17, 15) is 9.59 Å². The van der Waals surface area contributed by atoms with E-state index in [-0.39, 0.29) is 11.3 Å². The molecule has 0 saturated heterocycles. The summed E-state index contributed by atoms with van der Waals surface area (Å²) < 4.78 is 0. The van der Waals surface area contributed by atoms with Crippen molar-refractivity contribution in [2.45, 2.75) is 32.6 Å². The van der Waals surface area contributed by atoms with Crippen LogP contribution in [0.3, 0.4) is 0 Å². The van der Waals surface area contributed by atoms with Crippen molar-refractivity contribution in [3.8, 4) is 0 Å². The summed E-state index contributed by atoms with van der Waals surface area (Å²) in [5, 5.41) is 8.93. The molecule has 1 rings (SSSR count). The fourth-order valence-electron chi connectivity index (χ4n) is 1.58. The minimum absolute atomic E-state index is 0.0774. The van der Waals surface area contributed by atoms with E-state index >= 15 is 0 Å². The molecule has 1 aromatic rings. The second-order valence-electron chi connectivity index (χ2n) is 3.73. The van der Waals surface area contributed by atoms with E-state index in [1.54, 1.807) is 18.2 Å². The van der Waals surface area contributed by atoms with Crippen molar-refractivity contribution in [3.05, 3.63) is 35.4 Å². The molecule has 0 spiro atoms. The number of carbonyl (C=O) groups excluding carboxylic acids is 1. The maximum absolute atomic E-state index is 11.8. The number of aromatic carboxylic acids is 1. The maximum atomic E-state index is 11.8. The number of carboxylic acid groups (broad SMARTS) is 1. The van der Waals surface area contributed by atoms with Crippen LogP contribution in [0, 0.1) is 0 Å². The topological polar surface area (TPSA) is 54.4 Å². The van der Waals surface area contributed by atoms with Gasteiger partial charge in [-0.2, -0.15) is 0 Å². The highest BCUT2D eigenvalue weighted by Gasteiger charge is 2.14. The van der Waals surface area contributed by atoms with Crippen LogP contribution in [0.15, 0.2) is 24.3 Å². The summed E-state index contributed by atoms with van der Waals surface area (Å²) in [7, 11) is 0. The number of carbonyl (C=O) groups is 2. The number of hydrogen-bond acceptors (Lipinski definition) is 2. The minimum atomic E-state index is -1.04. The Kier molecular flexibility index (Phi) is 4.70. The third-order valence-corrected chi connectivity index (χ3v) is 2.47. The van der Waals surface area contributed by atoms with Gasteiger partial charge in [0.25, 0.3) is 0 Å². The van der Waals surface area contributed by atoms with Crippen LogP contribution in [0.1, 0.15) is 53.3 Å². The first kappa shape index (κ1) is 12.4. The molecule has 1 aromatic carbocycles. The van der Waals surface area contributed by atoms with Gasteiger partial charge in [0.05, 0.1) is 5.56 Å². The zero-order valence-corrected chi connectivity index (χ0v) is 9.40. The average molecular weight is 220 g/mol. The molecule has 0 aliphatic carbocycles. The summed E-state index contributed by atoms with van der Waals surface area (Å²) >= 11 is 0. The van der Waals surface area contributed by atoms with Crippen LogP contribution < -0.4 is 0 Å².